The fraction of sp³-hybridized carbons (Fsp3) is 0.258. The van der Waals surface area contributed by atoms with E-state index in [-0.39, 0.29) is 18.8 Å². The highest BCUT2D eigenvalue weighted by molar-refractivity contribution is 14.1. The molecule has 1 aliphatic rings. The van der Waals surface area contributed by atoms with Gasteiger partial charge in [-0.1, -0.05) is 35.3 Å². The van der Waals surface area contributed by atoms with Crippen LogP contribution in [0.25, 0.3) is 0 Å². The van der Waals surface area contributed by atoms with Crippen LogP contribution < -0.4 is 30.3 Å². The third-order valence-electron chi connectivity index (χ3n) is 6.52. The molecule has 4 rings (SSSR count). The lowest BCUT2D eigenvalue weighted by atomic mass is 9.95. The van der Waals surface area contributed by atoms with Crippen LogP contribution in [0, 0.1) is 7.14 Å². The third-order valence-corrected chi connectivity index (χ3v) is 8.71. The topological polar surface area (TPSA) is 140 Å². The number of carbonyl (C=O) groups is 2. The normalized spacial score (nSPS) is 15.2. The Morgan fingerprint density at radius 1 is 1.09 bits per heavy atom. The van der Waals surface area contributed by atoms with E-state index in [9.17, 15) is 14.7 Å². The maximum absolute atomic E-state index is 12.5. The summed E-state index contributed by atoms with van der Waals surface area (Å²) in [7, 11) is 1.27. The number of aliphatic hydroxyl groups is 1. The first-order chi connectivity index (χ1) is 22.0. The zero-order chi connectivity index (χ0) is 33.4. The van der Waals surface area contributed by atoms with E-state index in [2.05, 4.69) is 66.3 Å². The molecule has 1 heterocycles. The van der Waals surface area contributed by atoms with Crippen LogP contribution in [0.4, 0.5) is 4.79 Å². The Morgan fingerprint density at radius 2 is 1.83 bits per heavy atom. The van der Waals surface area contributed by atoms with Gasteiger partial charge in [-0.3, -0.25) is 5.43 Å². The molecule has 15 heteroatoms. The molecular weight excluding hydrogens is 865 g/mol. The number of rotatable bonds is 13. The van der Waals surface area contributed by atoms with E-state index in [0.717, 1.165) is 24.0 Å². The second-order valence-electron chi connectivity index (χ2n) is 9.75. The van der Waals surface area contributed by atoms with Gasteiger partial charge in [0.15, 0.2) is 17.7 Å². The first-order valence-corrected chi connectivity index (χ1v) is 16.7. The average molecular weight is 895 g/mol. The van der Waals surface area contributed by atoms with Crippen LogP contribution in [0.1, 0.15) is 36.6 Å². The Morgan fingerprint density at radius 3 is 2.50 bits per heavy atom. The van der Waals surface area contributed by atoms with Crippen molar-refractivity contribution < 1.29 is 33.6 Å². The number of ether oxygens (including phenoxy) is 4. The summed E-state index contributed by atoms with van der Waals surface area (Å²) in [6.07, 6.45) is 0.436. The Kier molecular flexibility index (Phi) is 13.0. The summed E-state index contributed by atoms with van der Waals surface area (Å²) in [5.41, 5.74) is 5.51. The van der Waals surface area contributed by atoms with Gasteiger partial charge >= 0.3 is 12.0 Å². The predicted octanol–water partition coefficient (Wildman–Crippen LogP) is 6.30. The molecule has 2 atom stereocenters. The van der Waals surface area contributed by atoms with Crippen LogP contribution in [0.5, 0.6) is 17.2 Å². The van der Waals surface area contributed by atoms with E-state index in [1.807, 2.05) is 25.1 Å². The van der Waals surface area contributed by atoms with Crippen LogP contribution in [0.15, 0.2) is 64.9 Å². The number of hydrazone groups is 1. The van der Waals surface area contributed by atoms with Gasteiger partial charge in [-0.2, -0.15) is 5.10 Å². The number of amides is 2. The van der Waals surface area contributed by atoms with Crippen molar-refractivity contribution in [1.82, 2.24) is 16.1 Å². The number of nitrogens with zero attached hydrogens (tertiary/aromatic N) is 1. The van der Waals surface area contributed by atoms with E-state index in [0.29, 0.717) is 39.4 Å². The van der Waals surface area contributed by atoms with Gasteiger partial charge in [0.25, 0.3) is 0 Å². The van der Waals surface area contributed by atoms with Gasteiger partial charge in [0.05, 0.1) is 38.7 Å². The Hall–Kier alpha value is -2.99. The first kappa shape index (κ1) is 35.9. The second-order valence-corrected chi connectivity index (χ2v) is 12.9. The molecule has 0 fully saturated rings. The van der Waals surface area contributed by atoms with E-state index in [4.69, 9.17) is 42.1 Å². The molecule has 46 heavy (non-hydrogen) atoms. The fourth-order valence-corrected chi connectivity index (χ4v) is 6.99. The number of esters is 1. The van der Waals surface area contributed by atoms with Gasteiger partial charge in [-0.05, 0) is 107 Å². The van der Waals surface area contributed by atoms with Crippen LogP contribution in [0.3, 0.4) is 0 Å². The van der Waals surface area contributed by atoms with Gasteiger partial charge in [0.1, 0.15) is 19.0 Å². The molecule has 11 nitrogen and oxygen atoms in total. The predicted molar refractivity (Wildman–Crippen MR) is 192 cm³/mol. The van der Waals surface area contributed by atoms with Crippen molar-refractivity contribution in [3.05, 3.63) is 93.7 Å². The smallest absolute Gasteiger partial charge is 0.337 e. The molecule has 0 aliphatic carbocycles. The lowest BCUT2D eigenvalue weighted by molar-refractivity contribution is -0.136. The van der Waals surface area contributed by atoms with E-state index >= 15 is 0 Å². The Bertz CT molecular complexity index is 1650. The van der Waals surface area contributed by atoms with Gasteiger partial charge in [0.2, 0.25) is 0 Å². The monoisotopic (exact) mass is 894 g/mol. The molecule has 0 unspecified atom stereocenters. The molecule has 0 bridgehead atoms. The molecular formula is C31H30Cl2I2N4O7. The highest BCUT2D eigenvalue weighted by atomic mass is 127. The molecule has 3 aromatic rings. The number of urea groups is 1. The summed E-state index contributed by atoms with van der Waals surface area (Å²) in [5, 5.41) is 21.1. The number of benzene rings is 3. The maximum Gasteiger partial charge on any atom is 0.337 e. The number of carbonyl (C=O) groups excluding carboxylic acids is 2. The van der Waals surface area contributed by atoms with Gasteiger partial charge in [-0.25, -0.2) is 9.59 Å². The Labute approximate surface area is 303 Å². The van der Waals surface area contributed by atoms with E-state index in [1.165, 1.54) is 7.11 Å². The third kappa shape index (κ3) is 9.30. The van der Waals surface area contributed by atoms with E-state index < -0.39 is 24.3 Å². The number of aliphatic hydroxyl groups excluding tert-OH is 1. The van der Waals surface area contributed by atoms with Crippen molar-refractivity contribution in [3.8, 4) is 17.2 Å². The summed E-state index contributed by atoms with van der Waals surface area (Å²) < 4.78 is 24.3. The first-order valence-electron chi connectivity index (χ1n) is 13.8. The highest BCUT2D eigenvalue weighted by Gasteiger charge is 2.32. The second kappa shape index (κ2) is 16.7. The Balaban J connectivity index is 1.37. The quantitative estimate of drug-likeness (QED) is 0.0516. The maximum atomic E-state index is 12.5. The fourth-order valence-electron chi connectivity index (χ4n) is 4.40. The molecule has 2 amide bonds. The summed E-state index contributed by atoms with van der Waals surface area (Å²) in [5.74, 6) is 0.874. The summed E-state index contributed by atoms with van der Waals surface area (Å²) in [6, 6.07) is 12.9. The van der Waals surface area contributed by atoms with Gasteiger partial charge in [-0.15, -0.1) is 0 Å². The molecule has 4 N–H and O–H groups in total. The van der Waals surface area contributed by atoms with E-state index in [1.54, 1.807) is 43.5 Å². The van der Waals surface area contributed by atoms with Crippen molar-refractivity contribution in [2.75, 3.05) is 20.3 Å². The molecule has 0 saturated carbocycles. The van der Waals surface area contributed by atoms with Crippen LogP contribution in [-0.4, -0.2) is 49.9 Å². The summed E-state index contributed by atoms with van der Waals surface area (Å²) in [6.45, 7) is 3.91. The van der Waals surface area contributed by atoms with Crippen molar-refractivity contribution in [2.24, 2.45) is 5.10 Å². The zero-order valence-corrected chi connectivity index (χ0v) is 30.7. The lowest BCUT2D eigenvalue weighted by Crippen LogP contribution is -2.45. The molecule has 3 aromatic carbocycles. The molecule has 0 saturated heterocycles. The SMILES string of the molecule is CCOc1cc([C@@H]2NC(=O)NC(C)=C2C(=O)OC)ccc1OC[C@@H](O)N/N=C\c1cc(I)c(OCc2ccc(Cl)cc2Cl)c(I)c1. The largest absolute Gasteiger partial charge is 0.490 e. The van der Waals surface area contributed by atoms with Gasteiger partial charge < -0.3 is 34.7 Å². The molecule has 244 valence electrons. The summed E-state index contributed by atoms with van der Waals surface area (Å²) in [4.78, 5) is 24.6. The van der Waals surface area contributed by atoms with Crippen molar-refractivity contribution in [2.45, 2.75) is 32.7 Å². The van der Waals surface area contributed by atoms with Crippen LogP contribution in [0.2, 0.25) is 10.0 Å². The number of hydrogen-bond acceptors (Lipinski definition) is 9. The molecule has 0 radical (unpaired) electrons. The standard InChI is InChI=1S/C31H30Cl2I2N4O7/c1-4-44-25-11-18(28-27(30(41)43-3)16(2)37-31(42)38-28)6-8-24(25)45-15-26(40)39-36-13-17-9-22(34)29(23(35)10-17)46-14-19-5-7-20(32)12-21(19)33/h5-13,26,28,39-40H,4,14-15H2,1-3H3,(H2,37,38,42)/b36-13-/t26-,28+/m1/s1. The van der Waals surface area contributed by atoms with Crippen LogP contribution in [-0.2, 0) is 16.1 Å². The number of hydrogen-bond donors (Lipinski definition) is 4. The molecule has 0 spiro atoms. The van der Waals surface area contributed by atoms with Gasteiger partial charge in [0, 0.05) is 21.3 Å². The number of allylic oxidation sites excluding steroid dienone is 1. The number of nitrogens with one attached hydrogen (secondary N) is 3. The minimum atomic E-state index is -1.14. The van der Waals surface area contributed by atoms with Crippen molar-refractivity contribution in [3.63, 3.8) is 0 Å². The van der Waals surface area contributed by atoms with Crippen LogP contribution >= 0.6 is 68.4 Å². The molecule has 0 aromatic heterocycles. The number of halogens is 4. The number of methoxy groups -OCH3 is 1. The van der Waals surface area contributed by atoms with Crippen molar-refractivity contribution >= 4 is 86.6 Å². The zero-order valence-electron chi connectivity index (χ0n) is 24.8. The minimum Gasteiger partial charge on any atom is -0.490 e. The van der Waals surface area contributed by atoms with Crippen molar-refractivity contribution in [1.29, 1.82) is 0 Å². The summed E-state index contributed by atoms with van der Waals surface area (Å²) >= 11 is 16.6. The highest BCUT2D eigenvalue weighted by Crippen LogP contribution is 2.35. The minimum absolute atomic E-state index is 0.150. The lowest BCUT2D eigenvalue weighted by Gasteiger charge is -2.28. The molecule has 1 aliphatic heterocycles. The average Bonchev–Trinajstić information content (AvgIpc) is 3.00.